The van der Waals surface area contributed by atoms with Gasteiger partial charge in [-0.05, 0) is 49.7 Å². The quantitative estimate of drug-likeness (QED) is 0.504. The molecular weight excluding hydrogens is 432 g/mol. The second-order valence-electron chi connectivity index (χ2n) is 5.48. The van der Waals surface area contributed by atoms with Crippen LogP contribution < -0.4 is 4.72 Å². The number of anilines is 1. The third-order valence-corrected chi connectivity index (χ3v) is 7.61. The molecule has 0 aliphatic carbocycles. The Bertz CT molecular complexity index is 925. The van der Waals surface area contributed by atoms with Gasteiger partial charge in [0.15, 0.2) is 0 Å². The maximum absolute atomic E-state index is 12.6. The molecule has 0 atom stereocenters. The first kappa shape index (κ1) is 22.2. The lowest BCUT2D eigenvalue weighted by atomic mass is 10.2. The molecule has 0 radical (unpaired) electrons. The monoisotopic (exact) mass is 451 g/mol. The number of hydrogen-bond donors (Lipinski definition) is 1. The van der Waals surface area contributed by atoms with Crippen LogP contribution in [0.3, 0.4) is 0 Å². The molecule has 27 heavy (non-hydrogen) atoms. The SMILES string of the molecule is CCOP(=O)(Cc1ccc(NS(=O)(=O)c2ccc(Cl)c(Cl)c2)cc1)OCC. The molecule has 148 valence electrons. The largest absolute Gasteiger partial charge is 0.335 e. The molecule has 0 fully saturated rings. The van der Waals surface area contributed by atoms with Crippen molar-refractivity contribution in [3.05, 3.63) is 58.1 Å². The third kappa shape index (κ3) is 6.21. The van der Waals surface area contributed by atoms with E-state index in [0.717, 1.165) is 0 Å². The van der Waals surface area contributed by atoms with Gasteiger partial charge in [-0.2, -0.15) is 0 Å². The number of rotatable bonds is 9. The Morgan fingerprint density at radius 2 is 1.56 bits per heavy atom. The lowest BCUT2D eigenvalue weighted by Gasteiger charge is -2.17. The standard InChI is InChI=1S/C17H20Cl2NO5PS/c1-3-24-26(21,25-4-2)12-13-5-7-14(8-6-13)20-27(22,23)15-9-10-16(18)17(19)11-15/h5-11,20H,3-4,12H2,1-2H3. The summed E-state index contributed by atoms with van der Waals surface area (Å²) in [7, 11) is -7.04. The van der Waals surface area contributed by atoms with Crippen molar-refractivity contribution in [2.24, 2.45) is 0 Å². The van der Waals surface area contributed by atoms with Gasteiger partial charge in [0.1, 0.15) is 0 Å². The van der Waals surface area contributed by atoms with E-state index in [2.05, 4.69) is 4.72 Å². The van der Waals surface area contributed by atoms with Crippen LogP contribution >= 0.6 is 30.8 Å². The van der Waals surface area contributed by atoms with Crippen molar-refractivity contribution in [1.82, 2.24) is 0 Å². The van der Waals surface area contributed by atoms with E-state index in [0.29, 0.717) is 11.3 Å². The highest BCUT2D eigenvalue weighted by atomic mass is 35.5. The van der Waals surface area contributed by atoms with Gasteiger partial charge in [0.05, 0.1) is 34.3 Å². The summed E-state index contributed by atoms with van der Waals surface area (Å²) < 4.78 is 50.4. The van der Waals surface area contributed by atoms with Crippen LogP contribution in [0, 0.1) is 0 Å². The second-order valence-corrected chi connectivity index (χ2v) is 10.0. The van der Waals surface area contributed by atoms with Gasteiger partial charge in [0, 0.05) is 5.69 Å². The summed E-state index contributed by atoms with van der Waals surface area (Å²) in [5, 5.41) is 0.422. The van der Waals surface area contributed by atoms with Crippen molar-refractivity contribution >= 4 is 46.5 Å². The molecule has 0 saturated carbocycles. The van der Waals surface area contributed by atoms with Crippen LogP contribution in [0.5, 0.6) is 0 Å². The van der Waals surface area contributed by atoms with Crippen molar-refractivity contribution in [2.75, 3.05) is 17.9 Å². The van der Waals surface area contributed by atoms with Crippen LogP contribution in [-0.4, -0.2) is 21.6 Å². The van der Waals surface area contributed by atoms with Gasteiger partial charge in [0.25, 0.3) is 10.0 Å². The number of nitrogens with one attached hydrogen (secondary N) is 1. The van der Waals surface area contributed by atoms with Crippen molar-refractivity contribution in [3.63, 3.8) is 0 Å². The lowest BCUT2D eigenvalue weighted by Crippen LogP contribution is -2.13. The summed E-state index contributed by atoms with van der Waals surface area (Å²) in [6, 6.07) is 10.5. The Morgan fingerprint density at radius 1 is 0.963 bits per heavy atom. The molecule has 0 spiro atoms. The molecule has 0 heterocycles. The number of halogens is 2. The van der Waals surface area contributed by atoms with Crippen LogP contribution in [0.25, 0.3) is 0 Å². The first-order valence-corrected chi connectivity index (χ1v) is 12.1. The Labute approximate surface area is 169 Å². The maximum Gasteiger partial charge on any atom is 0.335 e. The molecule has 0 amide bonds. The Hall–Kier alpha value is -1.08. The zero-order chi connectivity index (χ0) is 20.1. The predicted octanol–water partition coefficient (Wildman–Crippen LogP) is 5.56. The van der Waals surface area contributed by atoms with Crippen LogP contribution in [0.2, 0.25) is 10.0 Å². The Morgan fingerprint density at radius 3 is 2.07 bits per heavy atom. The highest BCUT2D eigenvalue weighted by Gasteiger charge is 2.24. The van der Waals surface area contributed by atoms with E-state index in [1.807, 2.05) is 0 Å². The second kappa shape index (κ2) is 9.41. The van der Waals surface area contributed by atoms with E-state index in [-0.39, 0.29) is 34.3 Å². The highest BCUT2D eigenvalue weighted by molar-refractivity contribution is 7.92. The molecule has 6 nitrogen and oxygen atoms in total. The molecule has 10 heteroatoms. The predicted molar refractivity (Wildman–Crippen MR) is 108 cm³/mol. The molecular formula is C17H20Cl2NO5PS. The topological polar surface area (TPSA) is 81.7 Å². The molecule has 2 rings (SSSR count). The first-order valence-electron chi connectivity index (χ1n) is 8.14. The fourth-order valence-corrected chi connectivity index (χ4v) is 5.43. The summed E-state index contributed by atoms with van der Waals surface area (Å²) in [5.74, 6) is 0. The average Bonchev–Trinajstić information content (AvgIpc) is 2.59. The highest BCUT2D eigenvalue weighted by Crippen LogP contribution is 2.51. The molecule has 0 bridgehead atoms. The van der Waals surface area contributed by atoms with E-state index in [1.165, 1.54) is 18.2 Å². The average molecular weight is 452 g/mol. The molecule has 2 aromatic rings. The molecule has 0 aliphatic rings. The van der Waals surface area contributed by atoms with Crippen LogP contribution in [0.4, 0.5) is 5.69 Å². The van der Waals surface area contributed by atoms with E-state index < -0.39 is 17.6 Å². The van der Waals surface area contributed by atoms with E-state index in [1.54, 1.807) is 38.1 Å². The van der Waals surface area contributed by atoms with Crippen LogP contribution in [-0.2, 0) is 29.8 Å². The summed E-state index contributed by atoms with van der Waals surface area (Å²) in [6.07, 6.45) is 0.106. The van der Waals surface area contributed by atoms with Gasteiger partial charge in [0.2, 0.25) is 0 Å². The third-order valence-electron chi connectivity index (χ3n) is 3.44. The van der Waals surface area contributed by atoms with Crippen LogP contribution in [0.15, 0.2) is 47.4 Å². The van der Waals surface area contributed by atoms with Crippen molar-refractivity contribution in [2.45, 2.75) is 24.9 Å². The minimum absolute atomic E-state index is 0.00170. The number of sulfonamides is 1. The van der Waals surface area contributed by atoms with Crippen molar-refractivity contribution in [3.8, 4) is 0 Å². The van der Waals surface area contributed by atoms with Gasteiger partial charge >= 0.3 is 7.60 Å². The maximum atomic E-state index is 12.6. The Balaban J connectivity index is 2.15. The molecule has 1 N–H and O–H groups in total. The van der Waals surface area contributed by atoms with E-state index >= 15 is 0 Å². The van der Waals surface area contributed by atoms with Gasteiger partial charge in [-0.1, -0.05) is 35.3 Å². The minimum atomic E-state index is -3.82. The number of benzene rings is 2. The van der Waals surface area contributed by atoms with Crippen LogP contribution in [0.1, 0.15) is 19.4 Å². The molecule has 0 saturated heterocycles. The fraction of sp³-hybridized carbons (Fsp3) is 0.294. The van der Waals surface area contributed by atoms with Crippen molar-refractivity contribution < 1.29 is 22.0 Å². The minimum Gasteiger partial charge on any atom is -0.309 e. The fourth-order valence-electron chi connectivity index (χ4n) is 2.28. The van der Waals surface area contributed by atoms with Gasteiger partial charge in [-0.25, -0.2) is 8.42 Å². The van der Waals surface area contributed by atoms with Crippen molar-refractivity contribution in [1.29, 1.82) is 0 Å². The summed E-state index contributed by atoms with van der Waals surface area (Å²) in [6.45, 7) is 4.04. The van der Waals surface area contributed by atoms with Gasteiger partial charge in [-0.15, -0.1) is 0 Å². The molecule has 2 aromatic carbocycles. The Kier molecular flexibility index (Phi) is 7.74. The molecule has 0 aliphatic heterocycles. The zero-order valence-electron chi connectivity index (χ0n) is 14.8. The molecule has 0 unspecified atom stereocenters. The summed E-state index contributed by atoms with van der Waals surface area (Å²) in [4.78, 5) is -0.00170. The normalized spacial score (nSPS) is 12.1. The van der Waals surface area contributed by atoms with E-state index in [4.69, 9.17) is 32.2 Å². The number of hydrogen-bond acceptors (Lipinski definition) is 5. The summed E-state index contributed by atoms with van der Waals surface area (Å²) >= 11 is 11.7. The van der Waals surface area contributed by atoms with E-state index in [9.17, 15) is 13.0 Å². The van der Waals surface area contributed by atoms with Gasteiger partial charge in [-0.3, -0.25) is 9.29 Å². The summed E-state index contributed by atoms with van der Waals surface area (Å²) in [5.41, 5.74) is 1.06. The lowest BCUT2D eigenvalue weighted by molar-refractivity contribution is 0.219. The zero-order valence-corrected chi connectivity index (χ0v) is 18.0. The smallest absolute Gasteiger partial charge is 0.309 e. The molecule has 0 aromatic heterocycles. The van der Waals surface area contributed by atoms with Gasteiger partial charge < -0.3 is 9.05 Å². The first-order chi connectivity index (χ1) is 12.7.